The van der Waals surface area contributed by atoms with Gasteiger partial charge in [-0.3, -0.25) is 5.32 Å². The van der Waals surface area contributed by atoms with Crippen molar-refractivity contribution in [2.45, 2.75) is 72.3 Å². The molecule has 0 saturated carbocycles. The maximum absolute atomic E-state index is 9.52. The number of nitrogens with zero attached hydrogens (tertiary/aromatic N) is 2. The van der Waals surface area contributed by atoms with Crippen molar-refractivity contribution in [2.24, 2.45) is 11.3 Å². The van der Waals surface area contributed by atoms with Gasteiger partial charge < -0.3 is 4.90 Å². The minimum absolute atomic E-state index is 0.306. The lowest BCUT2D eigenvalue weighted by Gasteiger charge is -2.29. The summed E-state index contributed by atoms with van der Waals surface area (Å²) in [7, 11) is 0. The molecule has 122 valence electrons. The number of hydrogen-bond donors (Lipinski definition) is 1. The van der Waals surface area contributed by atoms with Gasteiger partial charge in [-0.25, -0.2) is 0 Å². The van der Waals surface area contributed by atoms with Crippen molar-refractivity contribution in [3.8, 4) is 6.07 Å². The van der Waals surface area contributed by atoms with E-state index in [1.54, 1.807) is 0 Å². The van der Waals surface area contributed by atoms with Crippen molar-refractivity contribution >= 4 is 0 Å². The Bertz CT molecular complexity index is 339. The predicted octanol–water partition coefficient (Wildman–Crippen LogP) is 3.81. The highest BCUT2D eigenvalue weighted by Gasteiger charge is 2.32. The summed E-state index contributed by atoms with van der Waals surface area (Å²) in [6.45, 7) is 15.9. The van der Waals surface area contributed by atoms with E-state index in [1.165, 1.54) is 19.5 Å². The maximum Gasteiger partial charge on any atom is 0.106 e. The van der Waals surface area contributed by atoms with Crippen molar-refractivity contribution in [1.82, 2.24) is 10.2 Å². The van der Waals surface area contributed by atoms with E-state index >= 15 is 0 Å². The Labute approximate surface area is 132 Å². The van der Waals surface area contributed by atoms with Crippen LogP contribution in [-0.2, 0) is 0 Å². The lowest BCUT2D eigenvalue weighted by Crippen LogP contribution is -2.44. The first-order chi connectivity index (χ1) is 9.87. The van der Waals surface area contributed by atoms with E-state index in [9.17, 15) is 5.26 Å². The van der Waals surface area contributed by atoms with E-state index in [0.29, 0.717) is 5.41 Å². The van der Waals surface area contributed by atoms with Crippen LogP contribution in [0.1, 0.15) is 66.7 Å². The molecule has 0 amide bonds. The molecule has 0 spiro atoms. The van der Waals surface area contributed by atoms with E-state index in [-0.39, 0.29) is 5.54 Å². The molecule has 1 heterocycles. The Morgan fingerprint density at radius 3 is 2.48 bits per heavy atom. The normalized spacial score (nSPS) is 23.0. The van der Waals surface area contributed by atoms with Gasteiger partial charge >= 0.3 is 0 Å². The second kappa shape index (κ2) is 8.15. The number of nitriles is 1. The van der Waals surface area contributed by atoms with Gasteiger partial charge in [0.1, 0.15) is 5.54 Å². The number of rotatable bonds is 8. The van der Waals surface area contributed by atoms with E-state index in [4.69, 9.17) is 0 Å². The fraction of sp³-hybridized carbons (Fsp3) is 0.944. The van der Waals surface area contributed by atoms with Crippen LogP contribution in [0.15, 0.2) is 0 Å². The third-order valence-electron chi connectivity index (χ3n) is 5.11. The zero-order valence-electron chi connectivity index (χ0n) is 14.8. The molecule has 0 aromatic heterocycles. The number of likely N-dealkylation sites (tertiary alicyclic amines) is 1. The summed E-state index contributed by atoms with van der Waals surface area (Å²) in [6, 6.07) is 2.53. The quantitative estimate of drug-likeness (QED) is 0.739. The van der Waals surface area contributed by atoms with Gasteiger partial charge in [-0.05, 0) is 63.1 Å². The lowest BCUT2D eigenvalue weighted by atomic mass is 9.80. The van der Waals surface area contributed by atoms with Crippen LogP contribution in [0.25, 0.3) is 0 Å². The minimum atomic E-state index is -0.306. The molecule has 21 heavy (non-hydrogen) atoms. The number of hydrogen-bond acceptors (Lipinski definition) is 3. The highest BCUT2D eigenvalue weighted by Crippen LogP contribution is 2.33. The monoisotopic (exact) mass is 293 g/mol. The number of nitrogens with one attached hydrogen (secondary N) is 1. The first-order valence-electron chi connectivity index (χ1n) is 8.75. The van der Waals surface area contributed by atoms with Gasteiger partial charge in [-0.15, -0.1) is 0 Å². The van der Waals surface area contributed by atoms with Gasteiger partial charge in [-0.1, -0.05) is 34.6 Å². The van der Waals surface area contributed by atoms with Crippen molar-refractivity contribution in [3.05, 3.63) is 0 Å². The molecular weight excluding hydrogens is 258 g/mol. The topological polar surface area (TPSA) is 39.1 Å². The molecule has 0 aliphatic carbocycles. The summed E-state index contributed by atoms with van der Waals surface area (Å²) in [5.74, 6) is 0.822. The van der Waals surface area contributed by atoms with Gasteiger partial charge in [0, 0.05) is 6.54 Å². The van der Waals surface area contributed by atoms with E-state index in [2.05, 4.69) is 50.9 Å². The molecule has 0 radical (unpaired) electrons. The SMILES string of the molecule is CCCNC(C#N)(CC)CCCN1CCC(C(C)(C)C)C1. The Balaban J connectivity index is 2.37. The average molecular weight is 293 g/mol. The van der Waals surface area contributed by atoms with E-state index in [0.717, 1.165) is 44.7 Å². The summed E-state index contributed by atoms with van der Waals surface area (Å²) in [6.07, 6.45) is 5.40. The van der Waals surface area contributed by atoms with Crippen LogP contribution in [0.4, 0.5) is 0 Å². The molecule has 2 unspecified atom stereocenters. The Morgan fingerprint density at radius 1 is 1.29 bits per heavy atom. The molecule has 1 rings (SSSR count). The summed E-state index contributed by atoms with van der Waals surface area (Å²) >= 11 is 0. The fourth-order valence-corrected chi connectivity index (χ4v) is 3.28. The first-order valence-corrected chi connectivity index (χ1v) is 8.75. The van der Waals surface area contributed by atoms with Crippen molar-refractivity contribution in [3.63, 3.8) is 0 Å². The first kappa shape index (κ1) is 18.5. The summed E-state index contributed by atoms with van der Waals surface area (Å²) in [5, 5.41) is 13.0. The average Bonchev–Trinajstić information content (AvgIpc) is 2.92. The third kappa shape index (κ3) is 5.60. The molecule has 1 fully saturated rings. The maximum atomic E-state index is 9.52. The van der Waals surface area contributed by atoms with Crippen molar-refractivity contribution < 1.29 is 0 Å². The predicted molar refractivity (Wildman–Crippen MR) is 90.2 cm³/mol. The van der Waals surface area contributed by atoms with Crippen molar-refractivity contribution in [1.29, 1.82) is 5.26 Å². The molecular formula is C18H35N3. The van der Waals surface area contributed by atoms with Gasteiger partial charge in [0.15, 0.2) is 0 Å². The molecule has 1 N–H and O–H groups in total. The van der Waals surface area contributed by atoms with Crippen LogP contribution in [0.5, 0.6) is 0 Å². The van der Waals surface area contributed by atoms with Crippen molar-refractivity contribution in [2.75, 3.05) is 26.2 Å². The van der Waals surface area contributed by atoms with Crippen LogP contribution in [-0.4, -0.2) is 36.6 Å². The molecule has 3 heteroatoms. The highest BCUT2D eigenvalue weighted by atomic mass is 15.1. The second-order valence-corrected chi connectivity index (χ2v) is 7.73. The molecule has 0 aromatic rings. The molecule has 1 aliphatic heterocycles. The van der Waals surface area contributed by atoms with Gasteiger partial charge in [0.2, 0.25) is 0 Å². The van der Waals surface area contributed by atoms with Gasteiger partial charge in [0.05, 0.1) is 6.07 Å². The molecule has 2 atom stereocenters. The van der Waals surface area contributed by atoms with Crippen LogP contribution in [0.3, 0.4) is 0 Å². The fourth-order valence-electron chi connectivity index (χ4n) is 3.28. The lowest BCUT2D eigenvalue weighted by molar-refractivity contribution is 0.224. The summed E-state index contributed by atoms with van der Waals surface area (Å²) in [5.41, 5.74) is 0.121. The molecule has 1 aliphatic rings. The zero-order valence-corrected chi connectivity index (χ0v) is 14.8. The molecule has 1 saturated heterocycles. The second-order valence-electron chi connectivity index (χ2n) is 7.73. The third-order valence-corrected chi connectivity index (χ3v) is 5.11. The van der Waals surface area contributed by atoms with Crippen LogP contribution in [0.2, 0.25) is 0 Å². The highest BCUT2D eigenvalue weighted by molar-refractivity contribution is 5.06. The van der Waals surface area contributed by atoms with E-state index < -0.39 is 0 Å². The smallest absolute Gasteiger partial charge is 0.106 e. The van der Waals surface area contributed by atoms with Crippen LogP contribution >= 0.6 is 0 Å². The van der Waals surface area contributed by atoms with Gasteiger partial charge in [0.25, 0.3) is 0 Å². The summed E-state index contributed by atoms with van der Waals surface area (Å²) in [4.78, 5) is 2.59. The largest absolute Gasteiger partial charge is 0.303 e. The van der Waals surface area contributed by atoms with Crippen LogP contribution < -0.4 is 5.32 Å². The van der Waals surface area contributed by atoms with Gasteiger partial charge in [-0.2, -0.15) is 5.26 Å². The molecule has 0 bridgehead atoms. The zero-order chi connectivity index (χ0) is 15.9. The summed E-state index contributed by atoms with van der Waals surface area (Å²) < 4.78 is 0. The van der Waals surface area contributed by atoms with E-state index in [1.807, 2.05) is 0 Å². The molecule has 3 nitrogen and oxygen atoms in total. The Kier molecular flexibility index (Phi) is 7.16. The Hall–Kier alpha value is -0.590. The Morgan fingerprint density at radius 2 is 2.00 bits per heavy atom. The van der Waals surface area contributed by atoms with Crippen LogP contribution in [0, 0.1) is 22.7 Å². The minimum Gasteiger partial charge on any atom is -0.303 e. The molecule has 0 aromatic carbocycles. The standard InChI is InChI=1S/C18H35N3/c1-6-11-20-18(7-2,15-19)10-8-12-21-13-9-16(14-21)17(3,4)5/h16,20H,6-14H2,1-5H3.